The Morgan fingerprint density at radius 3 is 2.74 bits per heavy atom. The van der Waals surface area contributed by atoms with Gasteiger partial charge in [-0.2, -0.15) is 0 Å². The number of carbonyl (C=O) groups excluding carboxylic acids is 1. The number of rotatable bonds is 2. The fraction of sp³-hybridized carbons (Fsp3) is 0.368. The molecule has 7 nitrogen and oxygen atoms in total. The summed E-state index contributed by atoms with van der Waals surface area (Å²) in [4.78, 5) is 23.2. The first-order valence-electron chi connectivity index (χ1n) is 8.96. The molecule has 1 aromatic carbocycles. The van der Waals surface area contributed by atoms with Crippen LogP contribution in [0.1, 0.15) is 5.69 Å². The van der Waals surface area contributed by atoms with Crippen LogP contribution < -0.4 is 14.5 Å². The summed E-state index contributed by atoms with van der Waals surface area (Å²) in [5.74, 6) is 1.48. The van der Waals surface area contributed by atoms with Gasteiger partial charge in [0.05, 0.1) is 24.5 Å². The summed E-state index contributed by atoms with van der Waals surface area (Å²) >= 11 is 6.03. The number of hydrogen-bond acceptors (Lipinski definition) is 5. The Bertz CT molecular complexity index is 839. The van der Waals surface area contributed by atoms with Crippen LogP contribution in [0.15, 0.2) is 36.4 Å². The van der Waals surface area contributed by atoms with Crippen LogP contribution in [0.2, 0.25) is 5.02 Å². The zero-order valence-electron chi connectivity index (χ0n) is 14.8. The van der Waals surface area contributed by atoms with Crippen molar-refractivity contribution < 1.29 is 14.6 Å². The Morgan fingerprint density at radius 1 is 1.15 bits per heavy atom. The van der Waals surface area contributed by atoms with Crippen LogP contribution in [0.3, 0.4) is 0 Å². The van der Waals surface area contributed by atoms with Crippen LogP contribution in [-0.2, 0) is 6.61 Å². The summed E-state index contributed by atoms with van der Waals surface area (Å²) in [7, 11) is 0. The molecule has 0 atom stereocenters. The lowest BCUT2D eigenvalue weighted by Crippen LogP contribution is -2.54. The van der Waals surface area contributed by atoms with Crippen molar-refractivity contribution in [2.75, 3.05) is 49.1 Å². The lowest BCUT2D eigenvalue weighted by atomic mass is 10.2. The fourth-order valence-electron chi connectivity index (χ4n) is 3.42. The first-order chi connectivity index (χ1) is 13.2. The van der Waals surface area contributed by atoms with Crippen molar-refractivity contribution in [3.63, 3.8) is 0 Å². The average Bonchev–Trinajstić information content (AvgIpc) is 2.72. The molecular weight excluding hydrogens is 368 g/mol. The summed E-state index contributed by atoms with van der Waals surface area (Å²) < 4.78 is 5.63. The van der Waals surface area contributed by atoms with Crippen molar-refractivity contribution in [1.82, 2.24) is 9.88 Å². The highest BCUT2D eigenvalue weighted by Gasteiger charge is 2.30. The molecule has 0 spiro atoms. The molecular formula is C19H21ClN4O3. The van der Waals surface area contributed by atoms with Gasteiger partial charge in [-0.15, -0.1) is 0 Å². The molecule has 0 unspecified atom stereocenters. The molecule has 4 rings (SSSR count). The molecule has 27 heavy (non-hydrogen) atoms. The van der Waals surface area contributed by atoms with E-state index in [-0.39, 0.29) is 12.6 Å². The van der Waals surface area contributed by atoms with Crippen LogP contribution in [0, 0.1) is 0 Å². The number of benzene rings is 1. The highest BCUT2D eigenvalue weighted by atomic mass is 35.5. The number of carbonyl (C=O) groups is 1. The molecule has 0 aliphatic carbocycles. The van der Waals surface area contributed by atoms with E-state index in [4.69, 9.17) is 16.3 Å². The molecule has 0 radical (unpaired) electrons. The minimum atomic E-state index is -0.0766. The van der Waals surface area contributed by atoms with Gasteiger partial charge in [0.25, 0.3) is 0 Å². The van der Waals surface area contributed by atoms with E-state index in [9.17, 15) is 9.90 Å². The van der Waals surface area contributed by atoms with E-state index in [1.54, 1.807) is 23.1 Å². The van der Waals surface area contributed by atoms with Gasteiger partial charge >= 0.3 is 6.03 Å². The third kappa shape index (κ3) is 3.65. The van der Waals surface area contributed by atoms with Crippen LogP contribution in [0.25, 0.3) is 0 Å². The molecule has 0 saturated carbocycles. The summed E-state index contributed by atoms with van der Waals surface area (Å²) in [5, 5.41) is 9.85. The number of aromatic nitrogens is 1. The Labute approximate surface area is 162 Å². The molecule has 8 heteroatoms. The maximum absolute atomic E-state index is 13.0. The molecule has 0 bridgehead atoms. The molecule has 1 saturated heterocycles. The molecule has 2 aliphatic rings. The third-order valence-corrected chi connectivity index (χ3v) is 5.08. The summed E-state index contributed by atoms with van der Waals surface area (Å²) in [6, 6.07) is 10.9. The minimum Gasteiger partial charge on any atom is -0.489 e. The molecule has 142 valence electrons. The lowest BCUT2D eigenvalue weighted by molar-refractivity contribution is 0.196. The zero-order chi connectivity index (χ0) is 18.8. The van der Waals surface area contributed by atoms with Crippen LogP contribution in [0.5, 0.6) is 5.75 Å². The van der Waals surface area contributed by atoms with Crippen LogP contribution >= 0.6 is 11.6 Å². The van der Waals surface area contributed by atoms with E-state index in [1.165, 1.54) is 0 Å². The number of amides is 2. The fourth-order valence-corrected chi connectivity index (χ4v) is 3.58. The maximum Gasteiger partial charge on any atom is 0.324 e. The van der Waals surface area contributed by atoms with Gasteiger partial charge in [0.2, 0.25) is 0 Å². The van der Waals surface area contributed by atoms with Gasteiger partial charge in [-0.05, 0) is 24.3 Å². The van der Waals surface area contributed by atoms with E-state index in [0.717, 1.165) is 11.5 Å². The number of urea groups is 1. The average molecular weight is 389 g/mol. The van der Waals surface area contributed by atoms with Gasteiger partial charge in [0, 0.05) is 37.3 Å². The van der Waals surface area contributed by atoms with Crippen molar-refractivity contribution in [1.29, 1.82) is 0 Å². The first-order valence-corrected chi connectivity index (χ1v) is 9.34. The SMILES string of the molecule is O=C(N1CCN(c2cccc(CO)n2)CC1)N1CCOc2cc(Cl)ccc21. The van der Waals surface area contributed by atoms with E-state index in [1.807, 2.05) is 23.1 Å². The number of aliphatic hydroxyl groups excluding tert-OH is 1. The van der Waals surface area contributed by atoms with Crippen molar-refractivity contribution >= 4 is 29.1 Å². The first kappa shape index (κ1) is 17.9. The standard InChI is InChI=1S/C19H21ClN4O3/c20-14-4-5-16-17(12-14)27-11-10-24(16)19(26)23-8-6-22(7-9-23)18-3-1-2-15(13-25)21-18/h1-5,12,25H,6-11,13H2. The molecule has 2 aromatic rings. The van der Waals surface area contributed by atoms with Gasteiger partial charge in [-0.25, -0.2) is 9.78 Å². The second kappa shape index (κ2) is 7.62. The summed E-state index contributed by atoms with van der Waals surface area (Å²) in [6.07, 6.45) is 0. The topological polar surface area (TPSA) is 69.1 Å². The predicted octanol–water partition coefficient (Wildman–Crippen LogP) is 2.37. The number of anilines is 2. The van der Waals surface area contributed by atoms with Crippen molar-refractivity contribution in [2.45, 2.75) is 6.61 Å². The number of piperazine rings is 1. The zero-order valence-corrected chi connectivity index (χ0v) is 15.6. The normalized spacial score (nSPS) is 16.7. The maximum atomic E-state index is 13.0. The quantitative estimate of drug-likeness (QED) is 0.855. The monoisotopic (exact) mass is 388 g/mol. The second-order valence-electron chi connectivity index (χ2n) is 6.51. The number of halogens is 1. The minimum absolute atomic E-state index is 0.0152. The smallest absolute Gasteiger partial charge is 0.324 e. The van der Waals surface area contributed by atoms with E-state index in [0.29, 0.717) is 55.8 Å². The van der Waals surface area contributed by atoms with Crippen molar-refractivity contribution in [3.8, 4) is 5.75 Å². The number of fused-ring (bicyclic) bond motifs is 1. The highest BCUT2D eigenvalue weighted by Crippen LogP contribution is 2.34. The van der Waals surface area contributed by atoms with E-state index < -0.39 is 0 Å². The Morgan fingerprint density at radius 2 is 1.96 bits per heavy atom. The Kier molecular flexibility index (Phi) is 5.05. The van der Waals surface area contributed by atoms with Gasteiger partial charge in [-0.1, -0.05) is 17.7 Å². The van der Waals surface area contributed by atoms with Gasteiger partial charge in [0.15, 0.2) is 0 Å². The van der Waals surface area contributed by atoms with Gasteiger partial charge in [0.1, 0.15) is 18.2 Å². The van der Waals surface area contributed by atoms with Crippen LogP contribution in [0.4, 0.5) is 16.3 Å². The summed E-state index contributed by atoms with van der Waals surface area (Å²) in [5.41, 5.74) is 1.41. The molecule has 1 fully saturated rings. The number of pyridine rings is 1. The van der Waals surface area contributed by atoms with E-state index >= 15 is 0 Å². The molecule has 2 amide bonds. The molecule has 2 aliphatic heterocycles. The highest BCUT2D eigenvalue weighted by molar-refractivity contribution is 6.30. The molecule has 1 aromatic heterocycles. The number of ether oxygens (including phenoxy) is 1. The number of hydrogen-bond donors (Lipinski definition) is 1. The van der Waals surface area contributed by atoms with Gasteiger partial charge in [-0.3, -0.25) is 4.90 Å². The lowest BCUT2D eigenvalue weighted by Gasteiger charge is -2.39. The Hall–Kier alpha value is -2.51. The van der Waals surface area contributed by atoms with E-state index in [2.05, 4.69) is 9.88 Å². The second-order valence-corrected chi connectivity index (χ2v) is 6.95. The summed E-state index contributed by atoms with van der Waals surface area (Å²) in [6.45, 7) is 3.53. The van der Waals surface area contributed by atoms with Crippen molar-refractivity contribution in [2.24, 2.45) is 0 Å². The number of aliphatic hydroxyl groups is 1. The third-order valence-electron chi connectivity index (χ3n) is 4.84. The molecule has 1 N–H and O–H groups in total. The van der Waals surface area contributed by atoms with Crippen molar-refractivity contribution in [3.05, 3.63) is 47.1 Å². The van der Waals surface area contributed by atoms with Crippen LogP contribution in [-0.4, -0.2) is 60.4 Å². The predicted molar refractivity (Wildman–Crippen MR) is 104 cm³/mol. The number of nitrogens with zero attached hydrogens (tertiary/aromatic N) is 4. The Balaban J connectivity index is 1.44. The molecule has 3 heterocycles. The van der Waals surface area contributed by atoms with Gasteiger partial charge < -0.3 is 19.6 Å². The largest absolute Gasteiger partial charge is 0.489 e.